The minimum Gasteiger partial charge on any atom is -0.298 e. The molecule has 2 atom stereocenters. The van der Waals surface area contributed by atoms with Crippen molar-refractivity contribution in [3.05, 3.63) is 0 Å². The zero-order chi connectivity index (χ0) is 7.07. The summed E-state index contributed by atoms with van der Waals surface area (Å²) in [7, 11) is 2.01. The lowest BCUT2D eigenvalue weighted by Gasteiger charge is -1.80. The number of hydrazine groups is 1. The third-order valence-corrected chi connectivity index (χ3v) is 3.24. The molecular weight excluding hydrogens is 164 g/mol. The zero-order valence-electron chi connectivity index (χ0n) is 6.04. The van der Waals surface area contributed by atoms with E-state index in [1.807, 2.05) is 0 Å². The van der Waals surface area contributed by atoms with E-state index in [1.165, 1.54) is 25.3 Å². The van der Waals surface area contributed by atoms with Crippen molar-refractivity contribution in [2.24, 2.45) is 0 Å². The molecule has 60 valence electrons. The van der Waals surface area contributed by atoms with Crippen LogP contribution >= 0.6 is 17.5 Å². The van der Waals surface area contributed by atoms with E-state index in [2.05, 4.69) is 15.7 Å². The molecule has 3 N–H and O–H groups in total. The molecule has 5 heteroatoms. The van der Waals surface area contributed by atoms with Crippen molar-refractivity contribution in [2.45, 2.75) is 6.42 Å². The molecule has 0 aromatic carbocycles. The Kier molecular flexibility index (Phi) is 5.70. The Morgan fingerprint density at radius 1 is 1.00 bits per heavy atom. The van der Waals surface area contributed by atoms with Gasteiger partial charge in [0.15, 0.2) is 0 Å². The van der Waals surface area contributed by atoms with Gasteiger partial charge in [0.1, 0.15) is 0 Å². The summed E-state index contributed by atoms with van der Waals surface area (Å²) in [4.78, 5) is 0. The van der Waals surface area contributed by atoms with E-state index in [0.29, 0.717) is 0 Å². The topological polar surface area (TPSA) is 36.1 Å². The number of hydrogen-bond acceptors (Lipinski definition) is 3. The van der Waals surface area contributed by atoms with Crippen molar-refractivity contribution in [3.8, 4) is 0 Å². The summed E-state index contributed by atoms with van der Waals surface area (Å²) < 4.78 is 0. The molecule has 3 nitrogen and oxygen atoms in total. The molecule has 2 aliphatic heterocycles. The second-order valence-corrected chi connectivity index (χ2v) is 4.50. The van der Waals surface area contributed by atoms with Gasteiger partial charge < -0.3 is 0 Å². The van der Waals surface area contributed by atoms with E-state index in [0.717, 1.165) is 24.0 Å². The Hall–Kier alpha value is 0.740. The van der Waals surface area contributed by atoms with E-state index in [9.17, 15) is 0 Å². The van der Waals surface area contributed by atoms with Gasteiger partial charge >= 0.3 is 0 Å². The van der Waals surface area contributed by atoms with E-state index < -0.39 is 0 Å². The fraction of sp³-hybridized carbons (Fsp3) is 1.00. The first-order chi connectivity index (χ1) is 5.00. The van der Waals surface area contributed by atoms with Gasteiger partial charge in [-0.25, -0.2) is 5.20 Å². The Bertz CT molecular complexity index is 48.1. The van der Waals surface area contributed by atoms with Crippen LogP contribution in [0, 0.1) is 0 Å². The largest absolute Gasteiger partial charge is 0.298 e. The Balaban J connectivity index is 0.0000001000. The summed E-state index contributed by atoms with van der Waals surface area (Å²) >= 11 is 0. The molecule has 0 aromatic heterocycles. The lowest BCUT2D eigenvalue weighted by atomic mass is 10.5. The Labute approximate surface area is 65.8 Å². The number of nitrogens with one attached hydrogen (secondary N) is 3. The normalized spacial score (nSPS) is 28.8. The molecule has 2 fully saturated rings. The second kappa shape index (κ2) is 6.45. The van der Waals surface area contributed by atoms with Crippen LogP contribution in [0.15, 0.2) is 0 Å². The first kappa shape index (κ1) is 8.83. The molecule has 0 radical (unpaired) electrons. The van der Waals surface area contributed by atoms with E-state index >= 15 is 0 Å². The molecular formula is C5H15N3P2. The van der Waals surface area contributed by atoms with Crippen molar-refractivity contribution in [2.75, 3.05) is 25.4 Å². The first-order valence-corrected chi connectivity index (χ1v) is 6.08. The molecule has 0 amide bonds. The molecule has 2 aliphatic rings. The predicted octanol–water partition coefficient (Wildman–Crippen LogP) is 0.261. The highest BCUT2D eigenvalue weighted by atomic mass is 31.1. The first-order valence-electron chi connectivity index (χ1n) is 3.66. The van der Waals surface area contributed by atoms with Gasteiger partial charge in [-0.15, -0.1) is 0 Å². The summed E-state index contributed by atoms with van der Waals surface area (Å²) in [6.45, 7) is 2.41. The van der Waals surface area contributed by atoms with Gasteiger partial charge in [-0.3, -0.25) is 10.5 Å². The lowest BCUT2D eigenvalue weighted by Crippen LogP contribution is -2.16. The zero-order valence-corrected chi connectivity index (χ0v) is 8.04. The van der Waals surface area contributed by atoms with Crippen LogP contribution in [0.1, 0.15) is 6.42 Å². The second-order valence-electron chi connectivity index (χ2n) is 2.19. The van der Waals surface area contributed by atoms with Gasteiger partial charge in [-0.2, -0.15) is 0 Å². The average molecular weight is 179 g/mol. The molecule has 0 aliphatic carbocycles. The van der Waals surface area contributed by atoms with Crippen LogP contribution in [0.2, 0.25) is 0 Å². The third kappa shape index (κ3) is 4.54. The third-order valence-electron chi connectivity index (χ3n) is 1.28. The van der Waals surface area contributed by atoms with Gasteiger partial charge in [-0.1, -0.05) is 8.73 Å². The molecule has 0 saturated carbocycles. The van der Waals surface area contributed by atoms with Gasteiger partial charge in [0.25, 0.3) is 0 Å². The quantitative estimate of drug-likeness (QED) is 0.467. The highest BCUT2D eigenvalue weighted by Crippen LogP contribution is 2.10. The SMILES string of the molecule is C1CNPC1.C1CPNN1. The number of hydrogen-bond donors (Lipinski definition) is 3. The summed E-state index contributed by atoms with van der Waals surface area (Å²) in [5, 5.41) is 6.25. The molecule has 2 heterocycles. The standard InChI is InChI=1S/C3H8NP.C2H7N2P/c1-2-4-5-3-1;1-2-5-4-3-1/h4-5H,1-3H2;3-5H,1-2H2. The minimum absolute atomic E-state index is 0.948. The minimum atomic E-state index is 0.948. The van der Waals surface area contributed by atoms with Crippen molar-refractivity contribution >= 4 is 17.5 Å². The molecule has 2 saturated heterocycles. The fourth-order valence-electron chi connectivity index (χ4n) is 0.754. The van der Waals surface area contributed by atoms with Crippen LogP contribution in [0.25, 0.3) is 0 Å². The summed E-state index contributed by atoms with van der Waals surface area (Å²) in [6.07, 6.45) is 4.12. The van der Waals surface area contributed by atoms with Gasteiger partial charge in [0, 0.05) is 6.54 Å². The van der Waals surface area contributed by atoms with Crippen molar-refractivity contribution in [3.63, 3.8) is 0 Å². The monoisotopic (exact) mass is 179 g/mol. The van der Waals surface area contributed by atoms with Crippen LogP contribution in [0.4, 0.5) is 0 Å². The summed E-state index contributed by atoms with van der Waals surface area (Å²) in [5.41, 5.74) is 2.98. The highest BCUT2D eigenvalue weighted by molar-refractivity contribution is 7.36. The fourth-order valence-corrected chi connectivity index (χ4v) is 2.26. The summed E-state index contributed by atoms with van der Waals surface area (Å²) in [6, 6.07) is 0. The maximum atomic E-state index is 3.25. The summed E-state index contributed by atoms with van der Waals surface area (Å²) in [5.74, 6) is 0. The number of rotatable bonds is 0. The van der Waals surface area contributed by atoms with Crippen LogP contribution in [-0.2, 0) is 0 Å². The van der Waals surface area contributed by atoms with E-state index in [-0.39, 0.29) is 0 Å². The molecule has 0 spiro atoms. The van der Waals surface area contributed by atoms with Crippen molar-refractivity contribution in [1.82, 2.24) is 15.7 Å². The molecule has 2 rings (SSSR count). The van der Waals surface area contributed by atoms with Gasteiger partial charge in [0.05, 0.1) is 0 Å². The van der Waals surface area contributed by atoms with Crippen molar-refractivity contribution < 1.29 is 0 Å². The van der Waals surface area contributed by atoms with Crippen LogP contribution < -0.4 is 15.7 Å². The Morgan fingerprint density at radius 3 is 2.20 bits per heavy atom. The van der Waals surface area contributed by atoms with Crippen molar-refractivity contribution in [1.29, 1.82) is 0 Å². The maximum Gasteiger partial charge on any atom is 0.0152 e. The average Bonchev–Trinajstić information content (AvgIpc) is 2.67. The molecule has 0 aromatic rings. The molecule has 10 heavy (non-hydrogen) atoms. The predicted molar refractivity (Wildman–Crippen MR) is 50.1 cm³/mol. The van der Waals surface area contributed by atoms with E-state index in [1.54, 1.807) is 0 Å². The van der Waals surface area contributed by atoms with E-state index in [4.69, 9.17) is 0 Å². The maximum absolute atomic E-state index is 3.25. The molecule has 0 bridgehead atoms. The smallest absolute Gasteiger partial charge is 0.0152 e. The van der Waals surface area contributed by atoms with Gasteiger partial charge in [0.2, 0.25) is 0 Å². The molecule has 2 unspecified atom stereocenters. The lowest BCUT2D eigenvalue weighted by molar-refractivity contribution is 0.763. The van der Waals surface area contributed by atoms with Crippen LogP contribution in [0.3, 0.4) is 0 Å². The van der Waals surface area contributed by atoms with Crippen LogP contribution in [-0.4, -0.2) is 25.4 Å². The van der Waals surface area contributed by atoms with Gasteiger partial charge in [-0.05, 0) is 34.0 Å². The van der Waals surface area contributed by atoms with Crippen LogP contribution in [0.5, 0.6) is 0 Å². The Morgan fingerprint density at radius 2 is 2.00 bits per heavy atom. The highest BCUT2D eigenvalue weighted by Gasteiger charge is 1.93.